The molecular weight excluding hydrogens is 280 g/mol. The van der Waals surface area contributed by atoms with E-state index >= 15 is 0 Å². The van der Waals surface area contributed by atoms with Crippen molar-refractivity contribution in [3.8, 4) is 5.75 Å². The zero-order valence-electron chi connectivity index (χ0n) is 13.7. The molecule has 2 aromatic rings. The Morgan fingerprint density at radius 1 is 1.24 bits per heavy atom. The summed E-state index contributed by atoms with van der Waals surface area (Å²) in [4.78, 5) is 0. The first kappa shape index (κ1) is 16.0. The van der Waals surface area contributed by atoms with Gasteiger partial charge in [-0.1, -0.05) is 19.6 Å². The molecule has 0 amide bonds. The van der Waals surface area contributed by atoms with Gasteiger partial charge in [0.05, 0.1) is 11.6 Å². The molecule has 0 saturated carbocycles. The monoisotopic (exact) mass is 306 g/mol. The minimum atomic E-state index is -1.02. The number of ether oxygens (including phenoxy) is 2. The van der Waals surface area contributed by atoms with Crippen LogP contribution in [0.2, 0.25) is 25.7 Å². The van der Waals surface area contributed by atoms with Crippen molar-refractivity contribution in [2.45, 2.75) is 52.4 Å². The van der Waals surface area contributed by atoms with Crippen LogP contribution in [0.4, 0.5) is 0 Å². The molecule has 0 aliphatic rings. The van der Waals surface area contributed by atoms with Crippen LogP contribution in [0.1, 0.15) is 13.8 Å². The molecule has 0 bridgehead atoms. The van der Waals surface area contributed by atoms with Gasteiger partial charge in [0.2, 0.25) is 0 Å². The van der Waals surface area contributed by atoms with Crippen molar-refractivity contribution in [2.75, 3.05) is 6.61 Å². The number of benzene rings is 1. The second kappa shape index (κ2) is 6.62. The fourth-order valence-corrected chi connectivity index (χ4v) is 2.76. The van der Waals surface area contributed by atoms with Crippen LogP contribution in [0, 0.1) is 0 Å². The molecule has 21 heavy (non-hydrogen) atoms. The predicted molar refractivity (Wildman–Crippen MR) is 89.6 cm³/mol. The van der Waals surface area contributed by atoms with E-state index in [0.29, 0.717) is 6.73 Å². The second-order valence-corrected chi connectivity index (χ2v) is 12.5. The molecule has 1 aromatic carbocycles. The molecule has 0 N–H and O–H groups in total. The van der Waals surface area contributed by atoms with E-state index in [9.17, 15) is 0 Å². The van der Waals surface area contributed by atoms with Gasteiger partial charge < -0.3 is 9.47 Å². The summed E-state index contributed by atoms with van der Waals surface area (Å²) in [6.45, 7) is 12.5. The van der Waals surface area contributed by atoms with Crippen molar-refractivity contribution in [2.24, 2.45) is 0 Å². The topological polar surface area (TPSA) is 36.3 Å². The first-order valence-electron chi connectivity index (χ1n) is 7.55. The van der Waals surface area contributed by atoms with Gasteiger partial charge in [-0.3, -0.25) is 0 Å². The third kappa shape index (κ3) is 5.17. The van der Waals surface area contributed by atoms with Crippen LogP contribution in [0.15, 0.2) is 24.4 Å². The van der Waals surface area contributed by atoms with E-state index in [1.54, 1.807) is 0 Å². The van der Waals surface area contributed by atoms with Gasteiger partial charge in [-0.05, 0) is 38.1 Å². The van der Waals surface area contributed by atoms with Crippen LogP contribution in [0.25, 0.3) is 10.9 Å². The van der Waals surface area contributed by atoms with Crippen molar-refractivity contribution in [1.29, 1.82) is 0 Å². The Morgan fingerprint density at radius 3 is 2.67 bits per heavy atom. The van der Waals surface area contributed by atoms with Gasteiger partial charge in [-0.25, -0.2) is 4.68 Å². The van der Waals surface area contributed by atoms with Crippen LogP contribution < -0.4 is 4.74 Å². The van der Waals surface area contributed by atoms with E-state index in [1.165, 1.54) is 6.04 Å². The van der Waals surface area contributed by atoms with Gasteiger partial charge in [-0.2, -0.15) is 5.10 Å². The minimum Gasteiger partial charge on any atom is -0.491 e. The summed E-state index contributed by atoms with van der Waals surface area (Å²) in [6, 6.07) is 7.17. The highest BCUT2D eigenvalue weighted by Gasteiger charge is 2.12. The van der Waals surface area contributed by atoms with Crippen molar-refractivity contribution in [3.05, 3.63) is 24.4 Å². The Bertz CT molecular complexity index is 587. The molecule has 0 atom stereocenters. The SMILES string of the molecule is CC(C)Oc1ccc2nn(COCC[Si](C)(C)C)cc2c1. The summed E-state index contributed by atoms with van der Waals surface area (Å²) < 4.78 is 13.3. The molecule has 5 heteroatoms. The molecule has 2 rings (SSSR count). The Morgan fingerprint density at radius 2 is 2.00 bits per heavy atom. The van der Waals surface area contributed by atoms with Crippen LogP contribution in [-0.4, -0.2) is 30.6 Å². The fourth-order valence-electron chi connectivity index (χ4n) is 2.00. The number of hydrogen-bond donors (Lipinski definition) is 0. The zero-order valence-corrected chi connectivity index (χ0v) is 14.7. The standard InChI is InChI=1S/C16H26N2O2Si/c1-13(2)20-15-6-7-16-14(10-15)11-18(17-16)12-19-8-9-21(3,4)5/h6-7,10-11,13H,8-9,12H2,1-5H3. The number of nitrogens with zero attached hydrogens (tertiary/aromatic N) is 2. The molecule has 0 fully saturated rings. The van der Waals surface area contributed by atoms with Crippen LogP contribution >= 0.6 is 0 Å². The lowest BCUT2D eigenvalue weighted by Gasteiger charge is -2.15. The lowest BCUT2D eigenvalue weighted by molar-refractivity contribution is 0.0791. The first-order chi connectivity index (χ1) is 9.83. The van der Waals surface area contributed by atoms with Gasteiger partial charge in [0.1, 0.15) is 12.5 Å². The number of aromatic nitrogens is 2. The molecule has 0 aliphatic carbocycles. The van der Waals surface area contributed by atoms with E-state index in [0.717, 1.165) is 23.3 Å². The second-order valence-electron chi connectivity index (χ2n) is 6.90. The van der Waals surface area contributed by atoms with E-state index in [2.05, 4.69) is 24.7 Å². The highest BCUT2D eigenvalue weighted by Crippen LogP contribution is 2.20. The molecule has 4 nitrogen and oxygen atoms in total. The van der Waals surface area contributed by atoms with Gasteiger partial charge in [0.25, 0.3) is 0 Å². The normalized spacial score (nSPS) is 12.3. The number of fused-ring (bicyclic) bond motifs is 1. The van der Waals surface area contributed by atoms with Crippen LogP contribution in [0.3, 0.4) is 0 Å². The van der Waals surface area contributed by atoms with E-state index in [-0.39, 0.29) is 6.10 Å². The van der Waals surface area contributed by atoms with Gasteiger partial charge in [-0.15, -0.1) is 0 Å². The molecule has 0 radical (unpaired) electrons. The van der Waals surface area contributed by atoms with Crippen LogP contribution in [0.5, 0.6) is 5.75 Å². The summed E-state index contributed by atoms with van der Waals surface area (Å²) in [7, 11) is -1.02. The summed E-state index contributed by atoms with van der Waals surface area (Å²) in [5.41, 5.74) is 0.972. The highest BCUT2D eigenvalue weighted by molar-refractivity contribution is 6.76. The van der Waals surface area contributed by atoms with Crippen molar-refractivity contribution in [3.63, 3.8) is 0 Å². The van der Waals surface area contributed by atoms with Crippen molar-refractivity contribution in [1.82, 2.24) is 9.78 Å². The molecule has 1 aromatic heterocycles. The van der Waals surface area contributed by atoms with Crippen molar-refractivity contribution < 1.29 is 9.47 Å². The molecule has 0 aliphatic heterocycles. The largest absolute Gasteiger partial charge is 0.491 e. The lowest BCUT2D eigenvalue weighted by Crippen LogP contribution is -2.22. The Hall–Kier alpha value is -1.33. The molecule has 116 valence electrons. The van der Waals surface area contributed by atoms with Gasteiger partial charge in [0, 0.05) is 26.3 Å². The van der Waals surface area contributed by atoms with E-state index < -0.39 is 8.07 Å². The van der Waals surface area contributed by atoms with Gasteiger partial charge >= 0.3 is 0 Å². The van der Waals surface area contributed by atoms with Crippen LogP contribution in [-0.2, 0) is 11.5 Å². The summed E-state index contributed by atoms with van der Waals surface area (Å²) >= 11 is 0. The van der Waals surface area contributed by atoms with Crippen molar-refractivity contribution >= 4 is 19.0 Å². The molecule has 0 saturated heterocycles. The average molecular weight is 306 g/mol. The van der Waals surface area contributed by atoms with Gasteiger partial charge in [0.15, 0.2) is 0 Å². The third-order valence-electron chi connectivity index (χ3n) is 3.12. The third-order valence-corrected chi connectivity index (χ3v) is 4.82. The lowest BCUT2D eigenvalue weighted by atomic mass is 10.2. The maximum Gasteiger partial charge on any atom is 0.139 e. The summed E-state index contributed by atoms with van der Waals surface area (Å²) in [5.74, 6) is 0.886. The first-order valence-corrected chi connectivity index (χ1v) is 11.3. The quantitative estimate of drug-likeness (QED) is 0.570. The summed E-state index contributed by atoms with van der Waals surface area (Å²) in [6.07, 6.45) is 2.19. The smallest absolute Gasteiger partial charge is 0.139 e. The molecule has 1 heterocycles. The maximum absolute atomic E-state index is 5.72. The average Bonchev–Trinajstić information content (AvgIpc) is 2.74. The Balaban J connectivity index is 1.95. The molecule has 0 spiro atoms. The minimum absolute atomic E-state index is 0.183. The molecule has 0 unspecified atom stereocenters. The Kier molecular flexibility index (Phi) is 5.06. The number of hydrogen-bond acceptors (Lipinski definition) is 3. The zero-order chi connectivity index (χ0) is 15.5. The highest BCUT2D eigenvalue weighted by atomic mass is 28.3. The van der Waals surface area contributed by atoms with E-state index in [4.69, 9.17) is 9.47 Å². The number of rotatable bonds is 7. The predicted octanol–water partition coefficient (Wildman–Crippen LogP) is 4.14. The van der Waals surface area contributed by atoms with E-state index in [1.807, 2.05) is 42.9 Å². The Labute approximate surface area is 128 Å². The summed E-state index contributed by atoms with van der Waals surface area (Å²) in [5, 5.41) is 5.60. The fraction of sp³-hybridized carbons (Fsp3) is 0.562. The maximum atomic E-state index is 5.72. The molecular formula is C16H26N2O2Si.